The third-order valence-electron chi connectivity index (χ3n) is 18.6. The lowest BCUT2D eigenvalue weighted by Gasteiger charge is -2.57. The van der Waals surface area contributed by atoms with E-state index in [-0.39, 0.29) is 128 Å². The van der Waals surface area contributed by atoms with E-state index >= 15 is 0 Å². The summed E-state index contributed by atoms with van der Waals surface area (Å²) in [5, 5.41) is 7.21. The molecule has 0 radical (unpaired) electrons. The van der Waals surface area contributed by atoms with Gasteiger partial charge in [-0.1, -0.05) is 61.3 Å². The highest BCUT2D eigenvalue weighted by Crippen LogP contribution is 2.49. The Bertz CT molecular complexity index is 3360. The molecule has 0 aliphatic carbocycles. The van der Waals surface area contributed by atoms with Gasteiger partial charge in [-0.05, 0) is 198 Å². The fraction of sp³-hybridized carbons (Fsp3) is 0.684. The van der Waals surface area contributed by atoms with Crippen molar-refractivity contribution in [2.45, 2.75) is 326 Å². The first-order valence-electron chi connectivity index (χ1n) is 33.1. The lowest BCUT2D eigenvalue weighted by atomic mass is 9.69. The molecule has 0 N–H and O–H groups in total. The maximum Gasteiger partial charge on any atom is 0.385 e. The minimum atomic E-state index is -0.667. The Kier molecular flexibility index (Phi) is 34.2. The number of carbonyl (C=O) groups excluding carboxylic acids is 8. The van der Waals surface area contributed by atoms with Crippen molar-refractivity contribution in [3.05, 3.63) is 0 Å². The van der Waals surface area contributed by atoms with Crippen LogP contribution in [0.5, 0.6) is 0 Å². The third kappa shape index (κ3) is 25.3. The second-order valence-corrected chi connectivity index (χ2v) is 27.5. The van der Waals surface area contributed by atoms with E-state index in [9.17, 15) is 38.4 Å². The number of esters is 4. The van der Waals surface area contributed by atoms with Crippen LogP contribution in [-0.2, 0) is 76.7 Å². The quantitative estimate of drug-likeness (QED) is 0.0682. The maximum absolute atomic E-state index is 12.4. The maximum atomic E-state index is 12.4. The third-order valence-corrected chi connectivity index (χ3v) is 18.6. The van der Waals surface area contributed by atoms with Crippen LogP contribution in [-0.4, -0.2) is 137 Å². The Morgan fingerprint density at radius 3 is 0.948 bits per heavy atom. The Hall–Kier alpha value is -7.92. The molecule has 0 bridgehead atoms. The fourth-order valence-corrected chi connectivity index (χ4v) is 13.4. The Labute approximate surface area is 598 Å². The smallest absolute Gasteiger partial charge is 0.385 e. The van der Waals surface area contributed by atoms with Crippen molar-refractivity contribution in [1.29, 1.82) is 0 Å². The van der Waals surface area contributed by atoms with Crippen molar-refractivity contribution in [2.24, 2.45) is 11.8 Å². The Morgan fingerprint density at radius 1 is 0.354 bits per heavy atom. The van der Waals surface area contributed by atoms with Gasteiger partial charge >= 0.3 is 47.8 Å². The number of hydroxylamine groups is 8. The van der Waals surface area contributed by atoms with Crippen LogP contribution in [0.1, 0.15) is 280 Å². The predicted octanol–water partition coefficient (Wildman–Crippen LogP) is 15.0. The van der Waals surface area contributed by atoms with Crippen LogP contribution in [0.3, 0.4) is 0 Å². The number of rotatable bonds is 14. The monoisotopic (exact) mass is 1370 g/mol. The van der Waals surface area contributed by atoms with Gasteiger partial charge in [-0.2, -0.15) is 0 Å². The van der Waals surface area contributed by atoms with Crippen LogP contribution in [0.15, 0.2) is 0 Å². The summed E-state index contributed by atoms with van der Waals surface area (Å²) in [4.78, 5) is 114. The summed E-state index contributed by atoms with van der Waals surface area (Å²) in [6.45, 7) is 48.1. The van der Waals surface area contributed by atoms with Crippen molar-refractivity contribution < 1.29 is 99.5 Å². The molecule has 0 amide bonds. The van der Waals surface area contributed by atoms with Gasteiger partial charge in [0, 0.05) is 128 Å². The Morgan fingerprint density at radius 2 is 0.646 bits per heavy atom. The van der Waals surface area contributed by atoms with Crippen LogP contribution >= 0.6 is 0 Å². The highest BCUT2D eigenvalue weighted by molar-refractivity contribution is 5.89. The highest BCUT2D eigenvalue weighted by Gasteiger charge is 2.58. The summed E-state index contributed by atoms with van der Waals surface area (Å²) in [6, 6.07) is 0. The zero-order valence-electron chi connectivity index (χ0n) is 62.3. The summed E-state index contributed by atoms with van der Waals surface area (Å²) in [7, 11) is 0. The van der Waals surface area contributed by atoms with Crippen LogP contribution in [0.2, 0.25) is 0 Å². The van der Waals surface area contributed by atoms with Gasteiger partial charge < -0.3 is 38.3 Å². The predicted molar refractivity (Wildman–Crippen MR) is 399 cm³/mol. The van der Waals surface area contributed by atoms with E-state index in [4.69, 9.17) is 38.3 Å². The van der Waals surface area contributed by atoms with Gasteiger partial charge in [0.1, 0.15) is 24.4 Å². The molecular weight excluding hydrogens is 1220 g/mol. The molecular formula is C76H140N4O16. The number of carbonyl (C=O) groups is 8. The lowest BCUT2D eigenvalue weighted by Crippen LogP contribution is -2.68. The van der Waals surface area contributed by atoms with E-state index in [1.54, 1.807) is 17.1 Å². The first-order valence-corrected chi connectivity index (χ1v) is 33.1. The number of hydrogen-bond donors (Lipinski definition) is 0. The van der Waals surface area contributed by atoms with Crippen molar-refractivity contribution >= 4 is 47.8 Å². The molecule has 0 aromatic rings. The summed E-state index contributed by atoms with van der Waals surface area (Å²) in [5.41, 5.74) is -3.10. The minimum absolute atomic E-state index is 0. The van der Waals surface area contributed by atoms with Gasteiger partial charge in [0.15, 0.2) is 0 Å². The number of hydrogen-bond acceptors (Lipinski definition) is 20. The van der Waals surface area contributed by atoms with E-state index in [1.165, 1.54) is 48.5 Å². The minimum Gasteiger partial charge on any atom is -0.462 e. The first kappa shape index (κ1) is 86.1. The standard InChI is InChI=1S/C32H29NO4.C16H29NO4.C15H27NO4.C13H23NO4.16H2/c1-8-11-12-13-14-15-16-17-18-19-20-21-22-23-24-25-30(35)36-29-26-31(6,9-2)33(37-28(5)34)32(7,10-3)27(29)4;1-8-15(6)10-14(20-12(4)18)11(3)16(7,9-2)17(15)21-13(5)19;1-7-15(8-2)10-13(19-11(3)17)9-14(5,6)16(15)20-12(4)18;1-9(15)17-11-7-12(3,4)14(18-10(2)16)13(5,6)8-11;;;;;;;;;;;;;;;;/h27,29H,9-10,26H2,1-7H3;11,14H,8-10H2,1-7H3;13H,7-10H2,1-6H3;11H,7-8H2,1-6H3;16*1H. The summed E-state index contributed by atoms with van der Waals surface area (Å²) in [5.74, 6) is 37.3. The van der Waals surface area contributed by atoms with Crippen LogP contribution in [0.25, 0.3) is 0 Å². The van der Waals surface area contributed by atoms with Crippen LogP contribution in [0.4, 0.5) is 0 Å². The largest absolute Gasteiger partial charge is 0.462 e. The molecule has 4 aliphatic rings. The van der Waals surface area contributed by atoms with E-state index in [1.807, 2.05) is 86.3 Å². The second kappa shape index (κ2) is 38.1. The topological polar surface area (TPSA) is 223 Å². The summed E-state index contributed by atoms with van der Waals surface area (Å²) in [6.07, 6.45) is 7.64. The molecule has 9 unspecified atom stereocenters. The molecule has 20 nitrogen and oxygen atoms in total. The van der Waals surface area contributed by atoms with Crippen molar-refractivity contribution in [3.63, 3.8) is 0 Å². The summed E-state index contributed by atoms with van der Waals surface area (Å²) >= 11 is 0. The molecule has 0 saturated carbocycles. The Balaban J connectivity index is -0.0000000777. The highest BCUT2D eigenvalue weighted by atomic mass is 16.7. The van der Waals surface area contributed by atoms with Gasteiger partial charge in [0.2, 0.25) is 0 Å². The van der Waals surface area contributed by atoms with Crippen LogP contribution < -0.4 is 0 Å². The molecule has 0 aromatic heterocycles. The van der Waals surface area contributed by atoms with E-state index in [0.717, 1.165) is 25.7 Å². The molecule has 4 fully saturated rings. The first-order chi connectivity index (χ1) is 44.5. The van der Waals surface area contributed by atoms with E-state index in [2.05, 4.69) is 143 Å². The van der Waals surface area contributed by atoms with E-state index in [0.29, 0.717) is 51.4 Å². The van der Waals surface area contributed by atoms with Gasteiger partial charge in [0.25, 0.3) is 0 Å². The average Bonchev–Trinajstić information content (AvgIpc) is 0.740. The molecule has 9 atom stereocenters. The molecule has 0 spiro atoms. The van der Waals surface area contributed by atoms with Crippen molar-refractivity contribution in [2.75, 3.05) is 0 Å². The molecule has 96 heavy (non-hydrogen) atoms. The second-order valence-electron chi connectivity index (χ2n) is 27.5. The molecule has 4 heterocycles. The molecule has 0 aromatic carbocycles. The van der Waals surface area contributed by atoms with Crippen molar-refractivity contribution in [3.8, 4) is 94.7 Å². The van der Waals surface area contributed by atoms with E-state index < -0.39 is 23.2 Å². The zero-order valence-corrected chi connectivity index (χ0v) is 62.3. The molecule has 20 heteroatoms. The van der Waals surface area contributed by atoms with Gasteiger partial charge in [0.05, 0.1) is 44.3 Å². The number of piperidine rings is 4. The SMILES string of the molecule is CC#CC#CC#CC#CC#CC#CC#CC#CC(=O)OC1CC(C)(CC)N(OC(C)=O)C(C)(CC)C1C.CC(=O)OC1CC(C)(C)N(OC(C)=O)C(C)(C)C1.CCC1(C)CC(OC(C)=O)C(C)C(C)(CC)N1OC(C)=O.CCC1(CC)CC(OC(C)=O)CC(C)(C)N1OC(C)=O.[HH].[HH].[HH].[HH].[HH].[HH].[HH].[HH].[HH].[HH].[HH].[HH].[HH].[HH].[HH].[HH]. The average molecular weight is 1370 g/mol. The van der Waals surface area contributed by atoms with Gasteiger partial charge in [-0.15, -0.1) is 20.3 Å². The molecule has 560 valence electrons. The number of nitrogens with zero attached hydrogens (tertiary/aromatic N) is 4. The van der Waals surface area contributed by atoms with Crippen molar-refractivity contribution in [1.82, 2.24) is 20.3 Å². The zero-order chi connectivity index (χ0) is 73.8. The molecule has 4 aliphatic heterocycles. The number of ether oxygens (including phenoxy) is 4. The lowest BCUT2D eigenvalue weighted by molar-refractivity contribution is -0.299. The molecule has 4 rings (SSSR count). The normalized spacial score (nSPS) is 26.5. The molecule has 4 saturated heterocycles. The summed E-state index contributed by atoms with van der Waals surface area (Å²) < 4.78 is 22.0. The fourth-order valence-electron chi connectivity index (χ4n) is 13.4. The van der Waals surface area contributed by atoms with Gasteiger partial charge in [-0.25, -0.2) is 4.79 Å². The van der Waals surface area contributed by atoms with Crippen LogP contribution in [0, 0.1) is 107 Å². The van der Waals surface area contributed by atoms with Gasteiger partial charge in [-0.3, -0.25) is 33.6 Å².